The maximum absolute atomic E-state index is 10.6. The van der Waals surface area contributed by atoms with Crippen molar-refractivity contribution < 1.29 is 9.90 Å². The smallest absolute Gasteiger partial charge is 0.335 e. The van der Waals surface area contributed by atoms with Crippen molar-refractivity contribution in [2.45, 2.75) is 0 Å². The molecule has 0 spiro atoms. The van der Waals surface area contributed by atoms with E-state index in [1.54, 1.807) is 35.1 Å². The molecule has 0 unspecified atom stereocenters. The van der Waals surface area contributed by atoms with E-state index in [-0.39, 0.29) is 0 Å². The molecule has 0 fully saturated rings. The van der Waals surface area contributed by atoms with Crippen LogP contribution in [0.1, 0.15) is 10.4 Å². The number of aromatic carboxylic acids is 1. The Morgan fingerprint density at radius 1 is 1.27 bits per heavy atom. The van der Waals surface area contributed by atoms with Crippen molar-refractivity contribution in [1.29, 1.82) is 0 Å². The SMILES string of the molecule is Cn1cc(-c2ccc(C(=O)O)cc2)cn1. The highest BCUT2D eigenvalue weighted by molar-refractivity contribution is 5.88. The van der Waals surface area contributed by atoms with E-state index in [9.17, 15) is 4.79 Å². The number of carboxylic acid groups (broad SMARTS) is 1. The Bertz CT molecular complexity index is 486. The molecule has 1 heterocycles. The predicted octanol–water partition coefficient (Wildman–Crippen LogP) is 1.79. The van der Waals surface area contributed by atoms with Crippen LogP contribution in [0.3, 0.4) is 0 Å². The highest BCUT2D eigenvalue weighted by atomic mass is 16.4. The van der Waals surface area contributed by atoms with Crippen LogP contribution in [0.15, 0.2) is 36.7 Å². The van der Waals surface area contributed by atoms with Crippen molar-refractivity contribution in [3.8, 4) is 11.1 Å². The van der Waals surface area contributed by atoms with Crippen LogP contribution in [0.2, 0.25) is 0 Å². The Kier molecular flexibility index (Phi) is 2.25. The summed E-state index contributed by atoms with van der Waals surface area (Å²) in [6.07, 6.45) is 3.63. The molecule has 0 aliphatic heterocycles. The van der Waals surface area contributed by atoms with E-state index in [4.69, 9.17) is 5.11 Å². The molecule has 0 amide bonds. The minimum Gasteiger partial charge on any atom is -0.478 e. The number of carboxylic acids is 1. The molecule has 0 aliphatic carbocycles. The fourth-order valence-corrected chi connectivity index (χ4v) is 1.38. The van der Waals surface area contributed by atoms with Crippen LogP contribution in [-0.2, 0) is 7.05 Å². The number of nitrogens with zero attached hydrogens (tertiary/aromatic N) is 2. The summed E-state index contributed by atoms with van der Waals surface area (Å²) >= 11 is 0. The summed E-state index contributed by atoms with van der Waals surface area (Å²) in [7, 11) is 1.84. The van der Waals surface area contributed by atoms with Gasteiger partial charge in [0.1, 0.15) is 0 Å². The molecular weight excluding hydrogens is 192 g/mol. The number of hydrogen-bond donors (Lipinski definition) is 1. The molecule has 76 valence electrons. The van der Waals surface area contributed by atoms with Crippen LogP contribution in [0.4, 0.5) is 0 Å². The number of aromatic nitrogens is 2. The Hall–Kier alpha value is -2.10. The molecule has 1 aromatic heterocycles. The van der Waals surface area contributed by atoms with Gasteiger partial charge in [0, 0.05) is 18.8 Å². The Morgan fingerprint density at radius 2 is 1.93 bits per heavy atom. The standard InChI is InChI=1S/C11H10N2O2/c1-13-7-10(6-12-13)8-2-4-9(5-3-8)11(14)15/h2-7H,1H3,(H,14,15). The first-order valence-corrected chi connectivity index (χ1v) is 4.49. The number of carbonyl (C=O) groups is 1. The molecule has 4 nitrogen and oxygen atoms in total. The first kappa shape index (κ1) is 9.45. The Labute approximate surface area is 86.8 Å². The van der Waals surface area contributed by atoms with Gasteiger partial charge in [-0.1, -0.05) is 12.1 Å². The highest BCUT2D eigenvalue weighted by Crippen LogP contribution is 2.18. The summed E-state index contributed by atoms with van der Waals surface area (Å²) in [6, 6.07) is 6.73. The van der Waals surface area contributed by atoms with Gasteiger partial charge in [0.15, 0.2) is 0 Å². The molecule has 15 heavy (non-hydrogen) atoms. The van der Waals surface area contributed by atoms with Gasteiger partial charge in [0.2, 0.25) is 0 Å². The summed E-state index contributed by atoms with van der Waals surface area (Å²) in [5, 5.41) is 12.8. The summed E-state index contributed by atoms with van der Waals surface area (Å²) in [4.78, 5) is 10.6. The summed E-state index contributed by atoms with van der Waals surface area (Å²) in [5.74, 6) is -0.910. The zero-order chi connectivity index (χ0) is 10.8. The minimum absolute atomic E-state index is 0.294. The van der Waals surface area contributed by atoms with Crippen LogP contribution in [0.25, 0.3) is 11.1 Å². The van der Waals surface area contributed by atoms with Gasteiger partial charge in [-0.2, -0.15) is 5.10 Å². The Morgan fingerprint density at radius 3 is 2.40 bits per heavy atom. The van der Waals surface area contributed by atoms with E-state index in [1.807, 2.05) is 13.2 Å². The number of rotatable bonds is 2. The van der Waals surface area contributed by atoms with Gasteiger partial charge >= 0.3 is 5.97 Å². The second kappa shape index (κ2) is 3.57. The average molecular weight is 202 g/mol. The lowest BCUT2D eigenvalue weighted by Crippen LogP contribution is -1.94. The lowest BCUT2D eigenvalue weighted by Gasteiger charge is -1.97. The maximum atomic E-state index is 10.6. The maximum Gasteiger partial charge on any atom is 0.335 e. The molecule has 0 aliphatic rings. The van der Waals surface area contributed by atoms with Gasteiger partial charge in [-0.15, -0.1) is 0 Å². The third-order valence-corrected chi connectivity index (χ3v) is 2.17. The monoisotopic (exact) mass is 202 g/mol. The van der Waals surface area contributed by atoms with Gasteiger partial charge in [0.25, 0.3) is 0 Å². The minimum atomic E-state index is -0.910. The lowest BCUT2D eigenvalue weighted by atomic mass is 10.1. The van der Waals surface area contributed by atoms with Crippen molar-refractivity contribution in [2.75, 3.05) is 0 Å². The molecule has 0 saturated carbocycles. The first-order chi connectivity index (χ1) is 7.16. The normalized spacial score (nSPS) is 10.2. The molecule has 4 heteroatoms. The van der Waals surface area contributed by atoms with Gasteiger partial charge < -0.3 is 5.11 Å². The molecule has 2 aromatic rings. The van der Waals surface area contributed by atoms with Crippen LogP contribution < -0.4 is 0 Å². The second-order valence-electron chi connectivity index (χ2n) is 3.29. The molecule has 0 bridgehead atoms. The van der Waals surface area contributed by atoms with Crippen molar-refractivity contribution >= 4 is 5.97 Å². The zero-order valence-corrected chi connectivity index (χ0v) is 8.21. The van der Waals surface area contributed by atoms with Gasteiger partial charge in [-0.05, 0) is 17.7 Å². The van der Waals surface area contributed by atoms with E-state index < -0.39 is 5.97 Å². The molecule has 0 radical (unpaired) electrons. The number of benzene rings is 1. The second-order valence-corrected chi connectivity index (χ2v) is 3.29. The van der Waals surface area contributed by atoms with Crippen LogP contribution in [0, 0.1) is 0 Å². The lowest BCUT2D eigenvalue weighted by molar-refractivity contribution is 0.0697. The number of hydrogen-bond acceptors (Lipinski definition) is 2. The van der Waals surface area contributed by atoms with E-state index in [0.29, 0.717) is 5.56 Å². The summed E-state index contributed by atoms with van der Waals surface area (Å²) in [6.45, 7) is 0. The van der Waals surface area contributed by atoms with E-state index >= 15 is 0 Å². The summed E-state index contributed by atoms with van der Waals surface area (Å²) in [5.41, 5.74) is 2.24. The van der Waals surface area contributed by atoms with Crippen molar-refractivity contribution in [2.24, 2.45) is 7.05 Å². The van der Waals surface area contributed by atoms with Crippen LogP contribution >= 0.6 is 0 Å². The first-order valence-electron chi connectivity index (χ1n) is 4.49. The van der Waals surface area contributed by atoms with Gasteiger partial charge in [0.05, 0.1) is 11.8 Å². The molecule has 1 aromatic carbocycles. The third-order valence-electron chi connectivity index (χ3n) is 2.17. The van der Waals surface area contributed by atoms with E-state index in [2.05, 4.69) is 5.10 Å². The summed E-state index contributed by atoms with van der Waals surface area (Å²) < 4.78 is 1.71. The highest BCUT2D eigenvalue weighted by Gasteiger charge is 2.03. The predicted molar refractivity (Wildman–Crippen MR) is 55.6 cm³/mol. The fourth-order valence-electron chi connectivity index (χ4n) is 1.38. The van der Waals surface area contributed by atoms with Gasteiger partial charge in [-0.3, -0.25) is 4.68 Å². The number of aryl methyl sites for hydroxylation is 1. The van der Waals surface area contributed by atoms with Crippen molar-refractivity contribution in [3.05, 3.63) is 42.2 Å². The third kappa shape index (κ3) is 1.88. The van der Waals surface area contributed by atoms with Gasteiger partial charge in [-0.25, -0.2) is 4.79 Å². The van der Waals surface area contributed by atoms with Crippen LogP contribution in [0.5, 0.6) is 0 Å². The van der Waals surface area contributed by atoms with E-state index in [1.165, 1.54) is 0 Å². The van der Waals surface area contributed by atoms with E-state index in [0.717, 1.165) is 11.1 Å². The molecule has 2 rings (SSSR count). The fraction of sp³-hybridized carbons (Fsp3) is 0.0909. The Balaban J connectivity index is 2.35. The van der Waals surface area contributed by atoms with Crippen molar-refractivity contribution in [1.82, 2.24) is 9.78 Å². The largest absolute Gasteiger partial charge is 0.478 e. The topological polar surface area (TPSA) is 55.1 Å². The molecule has 0 saturated heterocycles. The van der Waals surface area contributed by atoms with Crippen molar-refractivity contribution in [3.63, 3.8) is 0 Å². The molecule has 1 N–H and O–H groups in total. The van der Waals surface area contributed by atoms with Crippen LogP contribution in [-0.4, -0.2) is 20.9 Å². The zero-order valence-electron chi connectivity index (χ0n) is 8.21. The quantitative estimate of drug-likeness (QED) is 0.807. The molecule has 0 atom stereocenters. The average Bonchev–Trinajstić information content (AvgIpc) is 2.65. The molecular formula is C11H10N2O2.